The Balaban J connectivity index is 2.03. The summed E-state index contributed by atoms with van der Waals surface area (Å²) in [5, 5.41) is 6.63. The molecule has 0 aliphatic heterocycles. The van der Waals surface area contributed by atoms with Gasteiger partial charge in [0.1, 0.15) is 11.5 Å². The molecule has 2 aromatic carbocycles. The van der Waals surface area contributed by atoms with Crippen molar-refractivity contribution in [2.75, 3.05) is 19.0 Å². The minimum absolute atomic E-state index is 0.384. The smallest absolute Gasteiger partial charge is 0.351 e. The van der Waals surface area contributed by atoms with Gasteiger partial charge in [-0.15, -0.1) is 0 Å². The van der Waals surface area contributed by atoms with Crippen molar-refractivity contribution in [3.05, 3.63) is 75.1 Å². The van der Waals surface area contributed by atoms with Gasteiger partial charge >= 0.3 is 5.69 Å². The summed E-state index contributed by atoms with van der Waals surface area (Å²) in [5.41, 5.74) is -1.12. The van der Waals surface area contributed by atoms with Crippen LogP contribution in [-0.4, -0.2) is 34.0 Å². The predicted octanol–water partition coefficient (Wildman–Crippen LogP) is 1.59. The number of nitrogens with zero attached hydrogens (tertiary/aromatic N) is 3. The van der Waals surface area contributed by atoms with Gasteiger partial charge in [-0.3, -0.25) is 14.2 Å². The fourth-order valence-electron chi connectivity index (χ4n) is 2.64. The monoisotopic (exact) mass is 396 g/mol. The van der Waals surface area contributed by atoms with Gasteiger partial charge in [-0.1, -0.05) is 12.1 Å². The number of benzene rings is 2. The third kappa shape index (κ3) is 4.03. The fourth-order valence-corrected chi connectivity index (χ4v) is 2.64. The van der Waals surface area contributed by atoms with E-state index in [2.05, 4.69) is 10.4 Å². The zero-order chi connectivity index (χ0) is 21.0. The molecule has 0 aliphatic carbocycles. The van der Waals surface area contributed by atoms with E-state index < -0.39 is 22.9 Å². The Hall–Kier alpha value is -3.88. The minimum atomic E-state index is -0.800. The molecule has 0 atom stereocenters. The quantitative estimate of drug-likeness (QED) is 0.679. The van der Waals surface area contributed by atoms with Crippen molar-refractivity contribution in [1.29, 1.82) is 0 Å². The van der Waals surface area contributed by atoms with Crippen molar-refractivity contribution >= 4 is 11.6 Å². The van der Waals surface area contributed by atoms with E-state index in [1.165, 1.54) is 14.2 Å². The van der Waals surface area contributed by atoms with Crippen LogP contribution in [0.15, 0.2) is 58.1 Å². The Labute approximate surface area is 166 Å². The minimum Gasteiger partial charge on any atom is -0.497 e. The first-order valence-corrected chi connectivity index (χ1v) is 8.84. The molecule has 150 valence electrons. The van der Waals surface area contributed by atoms with Crippen LogP contribution >= 0.6 is 0 Å². The molecule has 9 nitrogen and oxygen atoms in total. The van der Waals surface area contributed by atoms with Gasteiger partial charge in [0.25, 0.3) is 11.5 Å². The highest BCUT2D eigenvalue weighted by Gasteiger charge is 2.20. The number of hydrogen-bond acceptors (Lipinski definition) is 6. The fraction of sp³-hybridized carbons (Fsp3) is 0.200. The van der Waals surface area contributed by atoms with Gasteiger partial charge < -0.3 is 14.8 Å². The lowest BCUT2D eigenvalue weighted by atomic mass is 10.2. The standard InChI is InChI=1S/C20H20N4O5/c1-4-29-16-8-6-5-7-15(16)21-18(25)17-19(26)23(2)20(27)24(22-17)13-9-11-14(28-3)12-10-13/h5-12H,4H2,1-3H3,(H,21,25). The normalized spacial score (nSPS) is 10.4. The van der Waals surface area contributed by atoms with Crippen molar-refractivity contribution < 1.29 is 14.3 Å². The molecule has 0 bridgehead atoms. The number of carbonyl (C=O) groups is 1. The second-order valence-corrected chi connectivity index (χ2v) is 5.99. The molecular weight excluding hydrogens is 376 g/mol. The number of aromatic nitrogens is 3. The number of amides is 1. The van der Waals surface area contributed by atoms with Gasteiger partial charge in [-0.25, -0.2) is 4.79 Å². The van der Waals surface area contributed by atoms with Crippen molar-refractivity contribution in [1.82, 2.24) is 14.3 Å². The van der Waals surface area contributed by atoms with Crippen LogP contribution in [0.4, 0.5) is 5.69 Å². The van der Waals surface area contributed by atoms with Crippen molar-refractivity contribution in [3.8, 4) is 17.2 Å². The van der Waals surface area contributed by atoms with Crippen LogP contribution in [0, 0.1) is 0 Å². The van der Waals surface area contributed by atoms with Crippen molar-refractivity contribution in [2.45, 2.75) is 6.92 Å². The second-order valence-electron chi connectivity index (χ2n) is 5.99. The largest absolute Gasteiger partial charge is 0.497 e. The number of ether oxygens (including phenoxy) is 2. The van der Waals surface area contributed by atoms with Crippen molar-refractivity contribution in [3.63, 3.8) is 0 Å². The lowest BCUT2D eigenvalue weighted by molar-refractivity contribution is 0.101. The first kappa shape index (κ1) is 19.9. The number of methoxy groups -OCH3 is 1. The van der Waals surface area contributed by atoms with Gasteiger partial charge in [0.2, 0.25) is 5.69 Å². The van der Waals surface area contributed by atoms with Crippen molar-refractivity contribution in [2.24, 2.45) is 7.05 Å². The Kier molecular flexibility index (Phi) is 5.77. The maximum absolute atomic E-state index is 12.8. The van der Waals surface area contributed by atoms with Gasteiger partial charge in [0, 0.05) is 7.05 Å². The lowest BCUT2D eigenvalue weighted by Crippen LogP contribution is -2.43. The highest BCUT2D eigenvalue weighted by Crippen LogP contribution is 2.23. The molecule has 0 saturated heterocycles. The van der Waals surface area contributed by atoms with E-state index in [-0.39, 0.29) is 0 Å². The SMILES string of the molecule is CCOc1ccccc1NC(=O)c1nn(-c2ccc(OC)cc2)c(=O)n(C)c1=O. The Bertz CT molecular complexity index is 1150. The summed E-state index contributed by atoms with van der Waals surface area (Å²) in [5.74, 6) is 0.306. The number of anilines is 1. The molecule has 0 fully saturated rings. The number of carbonyl (C=O) groups excluding carboxylic acids is 1. The maximum Gasteiger partial charge on any atom is 0.351 e. The zero-order valence-corrected chi connectivity index (χ0v) is 16.2. The molecule has 1 heterocycles. The van der Waals surface area contributed by atoms with E-state index in [1.807, 2.05) is 6.92 Å². The van der Waals surface area contributed by atoms with Crippen LogP contribution in [0.25, 0.3) is 5.69 Å². The predicted molar refractivity (Wildman–Crippen MR) is 107 cm³/mol. The van der Waals surface area contributed by atoms with Crippen LogP contribution in [0.5, 0.6) is 11.5 Å². The zero-order valence-electron chi connectivity index (χ0n) is 16.2. The summed E-state index contributed by atoms with van der Waals surface area (Å²) in [6.45, 7) is 2.23. The molecule has 9 heteroatoms. The molecule has 0 spiro atoms. The first-order valence-electron chi connectivity index (χ1n) is 8.84. The van der Waals surface area contributed by atoms with E-state index in [0.717, 1.165) is 9.25 Å². The van der Waals surface area contributed by atoms with Crippen LogP contribution in [-0.2, 0) is 7.05 Å². The highest BCUT2D eigenvalue weighted by atomic mass is 16.5. The van der Waals surface area contributed by atoms with E-state index in [9.17, 15) is 14.4 Å². The number of hydrogen-bond donors (Lipinski definition) is 1. The molecule has 0 unspecified atom stereocenters. The third-order valence-corrected chi connectivity index (χ3v) is 4.14. The molecular formula is C20H20N4O5. The summed E-state index contributed by atoms with van der Waals surface area (Å²) in [6.07, 6.45) is 0. The first-order chi connectivity index (χ1) is 14.0. The van der Waals surface area contributed by atoms with Gasteiger partial charge in [0.05, 0.1) is 25.1 Å². The lowest BCUT2D eigenvalue weighted by Gasteiger charge is -2.12. The van der Waals surface area contributed by atoms with Crippen LogP contribution in [0.2, 0.25) is 0 Å². The van der Waals surface area contributed by atoms with E-state index in [4.69, 9.17) is 9.47 Å². The Morgan fingerprint density at radius 1 is 1.10 bits per heavy atom. The summed E-state index contributed by atoms with van der Waals surface area (Å²) in [7, 11) is 2.81. The van der Waals surface area contributed by atoms with E-state index in [1.54, 1.807) is 48.5 Å². The van der Waals surface area contributed by atoms with Gasteiger partial charge in [-0.05, 0) is 43.3 Å². The summed E-state index contributed by atoms with van der Waals surface area (Å²) < 4.78 is 12.4. The summed E-state index contributed by atoms with van der Waals surface area (Å²) in [4.78, 5) is 37.7. The van der Waals surface area contributed by atoms with Crippen LogP contribution < -0.4 is 26.0 Å². The van der Waals surface area contributed by atoms with E-state index >= 15 is 0 Å². The molecule has 29 heavy (non-hydrogen) atoms. The molecule has 3 aromatic rings. The average molecular weight is 396 g/mol. The Morgan fingerprint density at radius 2 is 1.79 bits per heavy atom. The highest BCUT2D eigenvalue weighted by molar-refractivity contribution is 6.03. The molecule has 1 aromatic heterocycles. The Morgan fingerprint density at radius 3 is 2.45 bits per heavy atom. The maximum atomic E-state index is 12.8. The van der Waals surface area contributed by atoms with Gasteiger partial charge in [-0.2, -0.15) is 9.78 Å². The van der Waals surface area contributed by atoms with E-state index in [0.29, 0.717) is 29.5 Å². The second kappa shape index (κ2) is 8.42. The summed E-state index contributed by atoms with van der Waals surface area (Å²) in [6, 6.07) is 13.3. The molecule has 1 amide bonds. The number of para-hydroxylation sites is 2. The molecule has 3 rings (SSSR count). The van der Waals surface area contributed by atoms with Gasteiger partial charge in [0.15, 0.2) is 0 Å². The molecule has 0 radical (unpaired) electrons. The molecule has 1 N–H and O–H groups in total. The van der Waals surface area contributed by atoms with Crippen LogP contribution in [0.1, 0.15) is 17.4 Å². The molecule has 0 saturated carbocycles. The molecule has 0 aliphatic rings. The van der Waals surface area contributed by atoms with Crippen LogP contribution in [0.3, 0.4) is 0 Å². The topological polar surface area (TPSA) is 104 Å². The third-order valence-electron chi connectivity index (χ3n) is 4.14. The number of rotatable bonds is 6. The average Bonchev–Trinajstić information content (AvgIpc) is 2.74. The summed E-state index contributed by atoms with van der Waals surface area (Å²) >= 11 is 0. The number of nitrogens with one attached hydrogen (secondary N) is 1.